The largest absolute Gasteiger partial charge is 0.397 e. The molecular weight excluding hydrogens is 272 g/mol. The van der Waals surface area contributed by atoms with Crippen LogP contribution in [0.2, 0.25) is 0 Å². The van der Waals surface area contributed by atoms with E-state index in [2.05, 4.69) is 76.1 Å². The Bertz CT molecular complexity index is 462. The molecule has 0 aromatic heterocycles. The van der Waals surface area contributed by atoms with Gasteiger partial charge in [0.15, 0.2) is 0 Å². The van der Waals surface area contributed by atoms with E-state index < -0.39 is 0 Å². The number of rotatable bonds is 0. The fourth-order valence-electron chi connectivity index (χ4n) is 3.12. The van der Waals surface area contributed by atoms with Crippen LogP contribution in [0, 0.1) is 5.41 Å². The van der Waals surface area contributed by atoms with Crippen LogP contribution >= 0.6 is 0 Å². The van der Waals surface area contributed by atoms with Crippen molar-refractivity contribution >= 4 is 33.8 Å². The average Bonchev–Trinajstić information content (AvgIpc) is 2.41. The summed E-state index contributed by atoms with van der Waals surface area (Å²) in [7, 11) is 0. The number of nitrogen functional groups attached to an aromatic ring is 2. The number of fused-ring (bicyclic) bond motifs is 1. The molecule has 0 unspecified atom stereocenters. The molecule has 106 valence electrons. The van der Waals surface area contributed by atoms with Crippen molar-refractivity contribution in [3.63, 3.8) is 0 Å². The number of nitrogens with two attached hydrogens (primary N) is 2. The van der Waals surface area contributed by atoms with Gasteiger partial charge in [-0.1, -0.05) is 41.5 Å². The summed E-state index contributed by atoms with van der Waals surface area (Å²) in [6.45, 7) is 13.9. The first-order valence-corrected chi connectivity index (χ1v) is 7.73. The van der Waals surface area contributed by atoms with Gasteiger partial charge >= 0.3 is 0 Å². The van der Waals surface area contributed by atoms with Crippen molar-refractivity contribution in [3.05, 3.63) is 23.3 Å². The van der Waals surface area contributed by atoms with E-state index in [0.29, 0.717) is 11.4 Å². The van der Waals surface area contributed by atoms with Crippen molar-refractivity contribution in [1.82, 2.24) is 0 Å². The maximum Gasteiger partial charge on any atom is 0.0550 e. The molecule has 0 saturated heterocycles. The summed E-state index contributed by atoms with van der Waals surface area (Å²) in [5.74, 6) is 0. The van der Waals surface area contributed by atoms with E-state index in [9.17, 15) is 0 Å². The Kier molecular flexibility index (Phi) is 4.01. The molecule has 2 nitrogen and oxygen atoms in total. The molecule has 4 heteroatoms. The Hall–Kier alpha value is -0.740. The van der Waals surface area contributed by atoms with Crippen LogP contribution in [0.5, 0.6) is 0 Å². The summed E-state index contributed by atoms with van der Waals surface area (Å²) in [5.41, 5.74) is 16.4. The summed E-state index contributed by atoms with van der Waals surface area (Å²) in [4.78, 5) is 0. The van der Waals surface area contributed by atoms with Crippen LogP contribution in [0.25, 0.3) is 0 Å². The fraction of sp³-hybridized carbons (Fsp3) is 0.600. The minimum Gasteiger partial charge on any atom is -0.397 e. The van der Waals surface area contributed by atoms with E-state index in [1.165, 1.54) is 11.1 Å². The zero-order valence-electron chi connectivity index (χ0n) is 12.6. The van der Waals surface area contributed by atoms with Crippen LogP contribution in [-0.4, -0.2) is 0 Å². The van der Waals surface area contributed by atoms with E-state index in [1.54, 1.807) is 0 Å². The van der Waals surface area contributed by atoms with E-state index in [1.807, 2.05) is 0 Å². The van der Waals surface area contributed by atoms with Crippen molar-refractivity contribution in [3.8, 4) is 0 Å². The molecule has 1 aromatic rings. The molecule has 1 aliphatic rings. The number of hydrogen-bond donors (Lipinski definition) is 2. The van der Waals surface area contributed by atoms with E-state index in [4.69, 9.17) is 11.5 Å². The van der Waals surface area contributed by atoms with Crippen LogP contribution in [0.4, 0.5) is 11.4 Å². The smallest absolute Gasteiger partial charge is 0.0550 e. The molecule has 0 amide bonds. The minimum absolute atomic E-state index is 0.105. The zero-order chi connectivity index (χ0) is 15.2. The lowest BCUT2D eigenvalue weighted by atomic mass is 9.59. The third-order valence-electron chi connectivity index (χ3n) is 5.69. The molecule has 0 spiro atoms. The third-order valence-corrected chi connectivity index (χ3v) is 5.69. The number of hydrogen-bond acceptors (Lipinski definition) is 4. The highest BCUT2D eigenvalue weighted by Gasteiger charge is 2.56. The zero-order valence-corrected chi connectivity index (χ0v) is 14.3. The average molecular weight is 297 g/mol. The van der Waals surface area contributed by atoms with Gasteiger partial charge in [0.05, 0.1) is 11.4 Å². The molecule has 19 heavy (non-hydrogen) atoms. The molecule has 0 heterocycles. The first-order valence-electron chi connectivity index (χ1n) is 6.40. The Balaban J connectivity index is 0.000000861. The van der Waals surface area contributed by atoms with Gasteiger partial charge in [-0.3, -0.25) is 0 Å². The van der Waals surface area contributed by atoms with E-state index >= 15 is 0 Å². The first-order chi connectivity index (χ1) is 8.53. The van der Waals surface area contributed by atoms with E-state index in [0.717, 1.165) is 0 Å². The molecule has 0 bridgehead atoms. The molecule has 0 radical (unpaired) electrons. The molecule has 0 aliphatic heterocycles. The second-order valence-electron chi connectivity index (χ2n) is 6.90. The van der Waals surface area contributed by atoms with Crippen molar-refractivity contribution in [2.24, 2.45) is 5.41 Å². The predicted octanol–water partition coefficient (Wildman–Crippen LogP) is 3.44. The van der Waals surface area contributed by atoms with Gasteiger partial charge in [0.2, 0.25) is 0 Å². The fourth-order valence-corrected chi connectivity index (χ4v) is 3.12. The third kappa shape index (κ3) is 1.96. The molecule has 0 atom stereocenters. The Morgan fingerprint density at radius 1 is 0.737 bits per heavy atom. The van der Waals surface area contributed by atoms with Gasteiger partial charge in [0, 0.05) is 22.4 Å². The van der Waals surface area contributed by atoms with Crippen LogP contribution in [-0.2, 0) is 33.2 Å². The topological polar surface area (TPSA) is 52.0 Å². The van der Waals surface area contributed by atoms with Gasteiger partial charge in [-0.05, 0) is 39.5 Å². The van der Waals surface area contributed by atoms with Gasteiger partial charge < -0.3 is 11.5 Å². The molecular formula is C15H24N2S2. The number of benzene rings is 1. The van der Waals surface area contributed by atoms with Gasteiger partial charge in [0.1, 0.15) is 0 Å². The molecule has 2 rings (SSSR count). The monoisotopic (exact) mass is 296 g/mol. The predicted molar refractivity (Wildman–Crippen MR) is 89.8 cm³/mol. The second-order valence-corrected chi connectivity index (χ2v) is 6.90. The van der Waals surface area contributed by atoms with Crippen LogP contribution < -0.4 is 11.5 Å². The molecule has 1 aliphatic carbocycles. The maximum absolute atomic E-state index is 5.97. The van der Waals surface area contributed by atoms with Crippen molar-refractivity contribution < 1.29 is 0 Å². The maximum atomic E-state index is 5.97. The van der Waals surface area contributed by atoms with Crippen molar-refractivity contribution in [1.29, 1.82) is 0 Å². The molecule has 0 fully saturated rings. The Morgan fingerprint density at radius 3 is 1.26 bits per heavy atom. The summed E-state index contributed by atoms with van der Waals surface area (Å²) < 4.78 is 0. The lowest BCUT2D eigenvalue weighted by Crippen LogP contribution is -2.42. The van der Waals surface area contributed by atoms with Crippen LogP contribution in [0.1, 0.15) is 52.7 Å². The normalized spacial score (nSPS) is 21.2. The van der Waals surface area contributed by atoms with Crippen molar-refractivity contribution in [2.75, 3.05) is 11.5 Å². The molecule has 1 aromatic carbocycles. The standard InChI is InChI=1S/C15H24N2.S2/c1-13(2)9-7-11(16)12(17)8-10(9)14(3,4)15(13,5)6;1-2/h7-8H,16-17H2,1-6H3;. The summed E-state index contributed by atoms with van der Waals surface area (Å²) in [6, 6.07) is 4.14. The van der Waals surface area contributed by atoms with Gasteiger partial charge in [-0.15, -0.1) is 0 Å². The molecule has 0 saturated carbocycles. The highest BCUT2D eigenvalue weighted by molar-refractivity contribution is 8.07. The number of anilines is 2. The first kappa shape index (κ1) is 16.3. The van der Waals surface area contributed by atoms with Gasteiger partial charge in [-0.25, -0.2) is 0 Å². The Labute approximate surface area is 126 Å². The second kappa shape index (κ2) is 4.67. The summed E-state index contributed by atoms with van der Waals surface area (Å²) in [6.07, 6.45) is 0. The van der Waals surface area contributed by atoms with Crippen LogP contribution in [0.3, 0.4) is 0 Å². The lowest BCUT2D eigenvalue weighted by Gasteiger charge is -2.44. The Morgan fingerprint density at radius 2 is 1.00 bits per heavy atom. The van der Waals surface area contributed by atoms with Gasteiger partial charge in [-0.2, -0.15) is 0 Å². The van der Waals surface area contributed by atoms with Gasteiger partial charge in [0.25, 0.3) is 0 Å². The van der Waals surface area contributed by atoms with Crippen LogP contribution in [0.15, 0.2) is 12.1 Å². The molecule has 4 N–H and O–H groups in total. The quantitative estimate of drug-likeness (QED) is 0.720. The summed E-state index contributed by atoms with van der Waals surface area (Å²) >= 11 is 7.33. The highest BCUT2D eigenvalue weighted by Crippen LogP contribution is 2.62. The van der Waals surface area contributed by atoms with Crippen molar-refractivity contribution in [2.45, 2.75) is 52.4 Å². The SMILES string of the molecule is CC1(C)c2cc(N)c(N)cc2C(C)(C)C1(C)C.S=S. The minimum atomic E-state index is 0.105. The van der Waals surface area contributed by atoms with E-state index in [-0.39, 0.29) is 16.2 Å². The lowest BCUT2D eigenvalue weighted by molar-refractivity contribution is 0.125. The highest BCUT2D eigenvalue weighted by atomic mass is 32.8. The summed E-state index contributed by atoms with van der Waals surface area (Å²) in [5, 5.41) is 0.